The number of carbonyl (C=O) groups is 1. The summed E-state index contributed by atoms with van der Waals surface area (Å²) in [4.78, 5) is 12.1. The van der Waals surface area contributed by atoms with Crippen molar-refractivity contribution in [1.29, 1.82) is 0 Å². The number of carbonyl (C=O) groups excluding carboxylic acids is 1. The number of ketones is 1. The molecular weight excluding hydrogens is 288 g/mol. The average molecular weight is 313 g/mol. The van der Waals surface area contributed by atoms with Crippen molar-refractivity contribution in [2.75, 3.05) is 5.75 Å². The van der Waals surface area contributed by atoms with Crippen molar-refractivity contribution >= 4 is 29.1 Å². The lowest BCUT2D eigenvalue weighted by molar-refractivity contribution is -0.119. The van der Waals surface area contributed by atoms with Crippen molar-refractivity contribution in [1.82, 2.24) is 0 Å². The van der Waals surface area contributed by atoms with Crippen molar-refractivity contribution in [3.05, 3.63) is 34.9 Å². The molecule has 3 heteroatoms. The van der Waals surface area contributed by atoms with Gasteiger partial charge in [-0.3, -0.25) is 4.79 Å². The quantitative estimate of drug-likeness (QED) is 0.488. The summed E-state index contributed by atoms with van der Waals surface area (Å²) in [6.07, 6.45) is 6.04. The Morgan fingerprint density at radius 2 is 1.85 bits per heavy atom. The van der Waals surface area contributed by atoms with Crippen LogP contribution in [0, 0.1) is 0 Å². The molecule has 0 heterocycles. The summed E-state index contributed by atoms with van der Waals surface area (Å²) in [5.74, 6) is 1.41. The van der Waals surface area contributed by atoms with E-state index >= 15 is 0 Å². The summed E-state index contributed by atoms with van der Waals surface area (Å²) in [5, 5.41) is 1.02. The van der Waals surface area contributed by atoms with Gasteiger partial charge in [-0.25, -0.2) is 0 Å². The standard InChI is InChI=1S/C17H25ClOS/c1-3-5-6-7-8-16(19)13-17(20-4-2)14-9-11-15(18)12-10-14/h9-12,17H,3-8,13H2,1-2H3/t17-/m1/s1. The zero-order valence-corrected chi connectivity index (χ0v) is 14.1. The first-order chi connectivity index (χ1) is 9.67. The van der Waals surface area contributed by atoms with Gasteiger partial charge in [0, 0.05) is 23.1 Å². The third-order valence-corrected chi connectivity index (χ3v) is 4.76. The van der Waals surface area contributed by atoms with E-state index in [-0.39, 0.29) is 5.25 Å². The Morgan fingerprint density at radius 1 is 1.15 bits per heavy atom. The van der Waals surface area contributed by atoms with Crippen LogP contribution in [-0.2, 0) is 4.79 Å². The van der Waals surface area contributed by atoms with Gasteiger partial charge in [-0.05, 0) is 29.9 Å². The minimum Gasteiger partial charge on any atom is -0.300 e. The molecule has 1 aromatic rings. The van der Waals surface area contributed by atoms with E-state index in [0.29, 0.717) is 12.2 Å². The Morgan fingerprint density at radius 3 is 2.45 bits per heavy atom. The predicted octanol–water partition coefficient (Wildman–Crippen LogP) is 6.06. The van der Waals surface area contributed by atoms with Gasteiger partial charge < -0.3 is 0 Å². The topological polar surface area (TPSA) is 17.1 Å². The zero-order chi connectivity index (χ0) is 14.8. The third-order valence-electron chi connectivity index (χ3n) is 3.33. The van der Waals surface area contributed by atoms with E-state index in [0.717, 1.165) is 23.6 Å². The van der Waals surface area contributed by atoms with E-state index in [4.69, 9.17) is 11.6 Å². The van der Waals surface area contributed by atoms with E-state index in [2.05, 4.69) is 13.8 Å². The first-order valence-corrected chi connectivity index (χ1v) is 8.98. The molecule has 0 unspecified atom stereocenters. The summed E-state index contributed by atoms with van der Waals surface area (Å²) in [6, 6.07) is 7.90. The number of thioether (sulfide) groups is 1. The maximum absolute atomic E-state index is 12.1. The molecule has 0 aliphatic rings. The lowest BCUT2D eigenvalue weighted by Crippen LogP contribution is -2.05. The van der Waals surface area contributed by atoms with E-state index in [1.165, 1.54) is 24.8 Å². The van der Waals surface area contributed by atoms with Gasteiger partial charge in [0.15, 0.2) is 0 Å². The Labute approximate surface area is 132 Å². The highest BCUT2D eigenvalue weighted by molar-refractivity contribution is 7.99. The smallest absolute Gasteiger partial charge is 0.134 e. The van der Waals surface area contributed by atoms with E-state index in [1.807, 2.05) is 36.0 Å². The Hall–Kier alpha value is -0.470. The Kier molecular flexibility index (Phi) is 9.04. The molecular formula is C17H25ClOS. The summed E-state index contributed by atoms with van der Waals surface area (Å²) in [7, 11) is 0. The minimum atomic E-state index is 0.274. The van der Waals surface area contributed by atoms with Crippen molar-refractivity contribution in [3.63, 3.8) is 0 Å². The van der Waals surface area contributed by atoms with Crippen LogP contribution in [0.4, 0.5) is 0 Å². The highest BCUT2D eigenvalue weighted by Crippen LogP contribution is 2.33. The van der Waals surface area contributed by atoms with Crippen LogP contribution in [-0.4, -0.2) is 11.5 Å². The van der Waals surface area contributed by atoms with Gasteiger partial charge in [-0.1, -0.05) is 56.8 Å². The van der Waals surface area contributed by atoms with Crippen LogP contribution in [0.15, 0.2) is 24.3 Å². The number of benzene rings is 1. The first kappa shape index (κ1) is 17.6. The normalized spacial score (nSPS) is 12.3. The molecule has 0 spiro atoms. The summed E-state index contributed by atoms with van der Waals surface area (Å²) >= 11 is 7.77. The molecule has 1 aromatic carbocycles. The number of unbranched alkanes of at least 4 members (excludes halogenated alkanes) is 3. The predicted molar refractivity (Wildman–Crippen MR) is 90.7 cm³/mol. The van der Waals surface area contributed by atoms with Crippen LogP contribution in [0.25, 0.3) is 0 Å². The molecule has 0 aliphatic carbocycles. The SMILES string of the molecule is CCCCCCC(=O)C[C@@H](SCC)c1ccc(Cl)cc1. The highest BCUT2D eigenvalue weighted by Gasteiger charge is 2.15. The van der Waals surface area contributed by atoms with Crippen molar-refractivity contribution in [2.24, 2.45) is 0 Å². The molecule has 0 N–H and O–H groups in total. The largest absolute Gasteiger partial charge is 0.300 e. The van der Waals surface area contributed by atoms with Gasteiger partial charge >= 0.3 is 0 Å². The monoisotopic (exact) mass is 312 g/mol. The van der Waals surface area contributed by atoms with E-state index in [9.17, 15) is 4.79 Å². The summed E-state index contributed by atoms with van der Waals surface area (Å²) < 4.78 is 0. The molecule has 0 aromatic heterocycles. The summed E-state index contributed by atoms with van der Waals surface area (Å²) in [5.41, 5.74) is 1.21. The van der Waals surface area contributed by atoms with Gasteiger partial charge in [0.2, 0.25) is 0 Å². The number of halogens is 1. The van der Waals surface area contributed by atoms with Crippen molar-refractivity contribution < 1.29 is 4.79 Å². The minimum absolute atomic E-state index is 0.274. The summed E-state index contributed by atoms with van der Waals surface area (Å²) in [6.45, 7) is 4.33. The third kappa shape index (κ3) is 6.81. The van der Waals surface area contributed by atoms with Gasteiger partial charge in [-0.15, -0.1) is 0 Å². The molecule has 1 rings (SSSR count). The fourth-order valence-electron chi connectivity index (χ4n) is 2.21. The first-order valence-electron chi connectivity index (χ1n) is 7.56. The molecule has 0 saturated carbocycles. The number of hydrogen-bond acceptors (Lipinski definition) is 2. The zero-order valence-electron chi connectivity index (χ0n) is 12.5. The lowest BCUT2D eigenvalue weighted by atomic mass is 10.0. The average Bonchev–Trinajstić information content (AvgIpc) is 2.44. The maximum Gasteiger partial charge on any atom is 0.134 e. The molecule has 20 heavy (non-hydrogen) atoms. The van der Waals surface area contributed by atoms with Gasteiger partial charge in [0.1, 0.15) is 5.78 Å². The van der Waals surface area contributed by atoms with Crippen LogP contribution in [0.5, 0.6) is 0 Å². The molecule has 112 valence electrons. The van der Waals surface area contributed by atoms with Crippen LogP contribution in [0.3, 0.4) is 0 Å². The van der Waals surface area contributed by atoms with Crippen LogP contribution in [0.1, 0.15) is 63.2 Å². The fourth-order valence-corrected chi connectivity index (χ4v) is 3.39. The van der Waals surface area contributed by atoms with Crippen LogP contribution < -0.4 is 0 Å². The maximum atomic E-state index is 12.1. The van der Waals surface area contributed by atoms with Gasteiger partial charge in [-0.2, -0.15) is 11.8 Å². The molecule has 1 nitrogen and oxygen atoms in total. The molecule has 0 saturated heterocycles. The molecule has 0 fully saturated rings. The van der Waals surface area contributed by atoms with Crippen LogP contribution in [0.2, 0.25) is 5.02 Å². The van der Waals surface area contributed by atoms with E-state index < -0.39 is 0 Å². The van der Waals surface area contributed by atoms with Crippen LogP contribution >= 0.6 is 23.4 Å². The van der Waals surface area contributed by atoms with Crippen molar-refractivity contribution in [2.45, 2.75) is 57.6 Å². The number of rotatable bonds is 10. The molecule has 1 atom stereocenters. The highest BCUT2D eigenvalue weighted by atomic mass is 35.5. The number of Topliss-reactive ketones (excluding diaryl/α,β-unsaturated/α-hetero) is 1. The second-order valence-electron chi connectivity index (χ2n) is 5.05. The number of hydrogen-bond donors (Lipinski definition) is 0. The van der Waals surface area contributed by atoms with E-state index in [1.54, 1.807) is 0 Å². The van der Waals surface area contributed by atoms with Crippen molar-refractivity contribution in [3.8, 4) is 0 Å². The van der Waals surface area contributed by atoms with Gasteiger partial charge in [0.25, 0.3) is 0 Å². The Balaban J connectivity index is 2.49. The Bertz CT molecular complexity index is 388. The molecule has 0 radical (unpaired) electrons. The fraction of sp³-hybridized carbons (Fsp3) is 0.588. The molecule has 0 aliphatic heterocycles. The van der Waals surface area contributed by atoms with Gasteiger partial charge in [0.05, 0.1) is 0 Å². The second-order valence-corrected chi connectivity index (χ2v) is 6.97. The second kappa shape index (κ2) is 10.3. The lowest BCUT2D eigenvalue weighted by Gasteiger charge is -2.15. The molecule has 0 bridgehead atoms. The molecule has 0 amide bonds.